The van der Waals surface area contributed by atoms with E-state index in [9.17, 15) is 27.9 Å². The van der Waals surface area contributed by atoms with Crippen molar-refractivity contribution in [2.45, 2.75) is 6.18 Å². The third-order valence-corrected chi connectivity index (χ3v) is 6.70. The second kappa shape index (κ2) is 10.6. The summed E-state index contributed by atoms with van der Waals surface area (Å²) in [6, 6.07) is 19.3. The van der Waals surface area contributed by atoms with Gasteiger partial charge < -0.3 is 20.2 Å². The summed E-state index contributed by atoms with van der Waals surface area (Å²) >= 11 is 0. The molecule has 0 aliphatic carbocycles. The SMILES string of the molecule is O=C(NCC(F)(F)F)c1ccc(N2CCN(C(=O)c3ccc(-c4cncc(O)c4)c4ccccc34)CC2)cc1. The van der Waals surface area contributed by atoms with Crippen molar-refractivity contribution in [1.82, 2.24) is 15.2 Å². The van der Waals surface area contributed by atoms with Crippen LogP contribution in [-0.4, -0.2) is 65.7 Å². The van der Waals surface area contributed by atoms with E-state index < -0.39 is 18.6 Å². The van der Waals surface area contributed by atoms with Gasteiger partial charge in [0.25, 0.3) is 11.8 Å². The molecule has 7 nitrogen and oxygen atoms in total. The number of rotatable bonds is 5. The molecule has 2 heterocycles. The van der Waals surface area contributed by atoms with E-state index in [1.807, 2.05) is 35.6 Å². The van der Waals surface area contributed by atoms with Crippen LogP contribution in [0.5, 0.6) is 5.75 Å². The van der Waals surface area contributed by atoms with E-state index in [1.54, 1.807) is 35.4 Å². The Morgan fingerprint density at radius 2 is 1.59 bits per heavy atom. The number of fused-ring (bicyclic) bond motifs is 1. The van der Waals surface area contributed by atoms with Gasteiger partial charge in [0.05, 0.1) is 6.20 Å². The molecule has 200 valence electrons. The second-order valence-corrected chi connectivity index (χ2v) is 9.26. The van der Waals surface area contributed by atoms with Crippen LogP contribution in [0.1, 0.15) is 20.7 Å². The molecule has 3 aromatic carbocycles. The maximum atomic E-state index is 13.5. The number of piperazine rings is 1. The molecule has 1 aromatic heterocycles. The summed E-state index contributed by atoms with van der Waals surface area (Å²) in [5.74, 6) is -0.801. The molecular weight excluding hydrogens is 509 g/mol. The van der Waals surface area contributed by atoms with Crippen molar-refractivity contribution in [3.05, 3.63) is 90.3 Å². The van der Waals surface area contributed by atoms with Gasteiger partial charge in [-0.05, 0) is 52.7 Å². The van der Waals surface area contributed by atoms with E-state index in [0.29, 0.717) is 31.7 Å². The van der Waals surface area contributed by atoms with Crippen molar-refractivity contribution < 1.29 is 27.9 Å². The summed E-state index contributed by atoms with van der Waals surface area (Å²) in [7, 11) is 0. The molecule has 0 spiro atoms. The zero-order valence-corrected chi connectivity index (χ0v) is 20.8. The summed E-state index contributed by atoms with van der Waals surface area (Å²) in [4.78, 5) is 33.4. The number of pyridine rings is 1. The minimum atomic E-state index is -4.47. The third-order valence-electron chi connectivity index (χ3n) is 6.70. The maximum absolute atomic E-state index is 13.5. The largest absolute Gasteiger partial charge is 0.506 e. The Bertz CT molecular complexity index is 1510. The first-order chi connectivity index (χ1) is 18.7. The average Bonchev–Trinajstić information content (AvgIpc) is 2.95. The zero-order valence-electron chi connectivity index (χ0n) is 20.8. The first-order valence-corrected chi connectivity index (χ1v) is 12.3. The van der Waals surface area contributed by atoms with Crippen molar-refractivity contribution in [3.8, 4) is 16.9 Å². The lowest BCUT2D eigenvalue weighted by molar-refractivity contribution is -0.123. The molecule has 0 atom stereocenters. The van der Waals surface area contributed by atoms with E-state index in [2.05, 4.69) is 9.88 Å². The number of carbonyl (C=O) groups is 2. The first-order valence-electron chi connectivity index (χ1n) is 12.3. The van der Waals surface area contributed by atoms with Crippen LogP contribution in [-0.2, 0) is 0 Å². The van der Waals surface area contributed by atoms with Gasteiger partial charge in [0.1, 0.15) is 12.3 Å². The van der Waals surface area contributed by atoms with Crippen LogP contribution in [0, 0.1) is 0 Å². The van der Waals surface area contributed by atoms with Gasteiger partial charge in [-0.25, -0.2) is 0 Å². The number of hydrogen-bond donors (Lipinski definition) is 2. The van der Waals surface area contributed by atoms with Crippen LogP contribution in [0.15, 0.2) is 79.1 Å². The van der Waals surface area contributed by atoms with Crippen molar-refractivity contribution >= 4 is 28.3 Å². The summed E-state index contributed by atoms with van der Waals surface area (Å²) in [5.41, 5.74) is 3.18. The van der Waals surface area contributed by atoms with E-state index in [1.165, 1.54) is 18.3 Å². The predicted molar refractivity (Wildman–Crippen MR) is 142 cm³/mol. The van der Waals surface area contributed by atoms with E-state index in [4.69, 9.17) is 0 Å². The number of nitrogens with one attached hydrogen (secondary N) is 1. The molecule has 0 radical (unpaired) electrons. The van der Waals surface area contributed by atoms with Crippen molar-refractivity contribution in [1.29, 1.82) is 0 Å². The molecule has 2 N–H and O–H groups in total. The molecule has 0 saturated carbocycles. The Morgan fingerprint density at radius 3 is 2.26 bits per heavy atom. The Labute approximate surface area is 222 Å². The molecular formula is C29H25F3N4O3. The van der Waals surface area contributed by atoms with Gasteiger partial charge in [-0.2, -0.15) is 13.2 Å². The molecule has 10 heteroatoms. The Morgan fingerprint density at radius 1 is 0.897 bits per heavy atom. The molecule has 39 heavy (non-hydrogen) atoms. The van der Waals surface area contributed by atoms with Gasteiger partial charge >= 0.3 is 6.18 Å². The minimum absolute atomic E-state index is 0.0639. The highest BCUT2D eigenvalue weighted by molar-refractivity contribution is 6.11. The third kappa shape index (κ3) is 5.79. The summed E-state index contributed by atoms with van der Waals surface area (Å²) < 4.78 is 37.1. The lowest BCUT2D eigenvalue weighted by atomic mass is 9.95. The Hall–Kier alpha value is -4.60. The first kappa shape index (κ1) is 26.0. The van der Waals surface area contributed by atoms with E-state index >= 15 is 0 Å². The van der Waals surface area contributed by atoms with Crippen LogP contribution >= 0.6 is 0 Å². The molecule has 2 amide bonds. The molecule has 0 unspecified atom stereocenters. The molecule has 1 fully saturated rings. The normalized spacial score (nSPS) is 13.9. The van der Waals surface area contributed by atoms with Crippen LogP contribution in [0.25, 0.3) is 21.9 Å². The van der Waals surface area contributed by atoms with Gasteiger partial charge in [-0.3, -0.25) is 14.6 Å². The Kier molecular flexibility index (Phi) is 7.10. The molecule has 4 aromatic rings. The van der Waals surface area contributed by atoms with Crippen LogP contribution < -0.4 is 10.2 Å². The van der Waals surface area contributed by atoms with Gasteiger partial charge in [-0.15, -0.1) is 0 Å². The highest BCUT2D eigenvalue weighted by Gasteiger charge is 2.28. The lowest BCUT2D eigenvalue weighted by Gasteiger charge is -2.36. The molecule has 1 saturated heterocycles. The second-order valence-electron chi connectivity index (χ2n) is 9.26. The van der Waals surface area contributed by atoms with Crippen LogP contribution in [0.3, 0.4) is 0 Å². The number of aromatic hydroxyl groups is 1. The fraction of sp³-hybridized carbons (Fsp3) is 0.207. The number of hydrogen-bond acceptors (Lipinski definition) is 5. The zero-order chi connectivity index (χ0) is 27.6. The topological polar surface area (TPSA) is 85.8 Å². The maximum Gasteiger partial charge on any atom is 0.405 e. The van der Waals surface area contributed by atoms with Gasteiger partial charge in [0.15, 0.2) is 0 Å². The highest BCUT2D eigenvalue weighted by atomic mass is 19.4. The van der Waals surface area contributed by atoms with Gasteiger partial charge in [0.2, 0.25) is 0 Å². The standard InChI is InChI=1S/C29H25F3N4O3/c30-29(31,32)18-34-27(38)19-5-7-21(8-6-19)35-11-13-36(14-12-35)28(39)26-10-9-23(20-15-22(37)17-33-16-20)24-3-1-2-4-25(24)26/h1-10,15-17,37H,11-14,18H2,(H,34,38). The number of alkyl halides is 3. The fourth-order valence-corrected chi connectivity index (χ4v) is 4.76. The number of amides is 2. The fourth-order valence-electron chi connectivity index (χ4n) is 4.76. The van der Waals surface area contributed by atoms with Crippen molar-refractivity contribution in [2.24, 2.45) is 0 Å². The lowest BCUT2D eigenvalue weighted by Crippen LogP contribution is -2.48. The molecule has 0 bridgehead atoms. The minimum Gasteiger partial charge on any atom is -0.506 e. The summed E-state index contributed by atoms with van der Waals surface area (Å²) in [6.07, 6.45) is -1.43. The van der Waals surface area contributed by atoms with E-state index in [-0.39, 0.29) is 17.2 Å². The van der Waals surface area contributed by atoms with Crippen molar-refractivity contribution in [2.75, 3.05) is 37.6 Å². The van der Waals surface area contributed by atoms with Gasteiger partial charge in [0, 0.05) is 54.8 Å². The molecule has 1 aliphatic heterocycles. The number of anilines is 1. The molecule has 5 rings (SSSR count). The number of carbonyl (C=O) groups excluding carboxylic acids is 2. The highest BCUT2D eigenvalue weighted by Crippen LogP contribution is 2.32. The monoisotopic (exact) mass is 534 g/mol. The Balaban J connectivity index is 1.27. The van der Waals surface area contributed by atoms with Gasteiger partial charge in [-0.1, -0.05) is 30.3 Å². The number of halogens is 3. The van der Waals surface area contributed by atoms with Crippen LogP contribution in [0.4, 0.5) is 18.9 Å². The van der Waals surface area contributed by atoms with E-state index in [0.717, 1.165) is 27.6 Å². The number of benzene rings is 3. The average molecular weight is 535 g/mol. The number of nitrogens with zero attached hydrogens (tertiary/aromatic N) is 3. The summed E-state index contributed by atoms with van der Waals surface area (Å²) in [5, 5.41) is 13.4. The van der Waals surface area contributed by atoms with Crippen molar-refractivity contribution in [3.63, 3.8) is 0 Å². The predicted octanol–water partition coefficient (Wildman–Crippen LogP) is 4.86. The quantitative estimate of drug-likeness (QED) is 0.382. The summed E-state index contributed by atoms with van der Waals surface area (Å²) in [6.45, 7) is 0.722. The number of aromatic nitrogens is 1. The smallest absolute Gasteiger partial charge is 0.405 e. The van der Waals surface area contributed by atoms with Crippen LogP contribution in [0.2, 0.25) is 0 Å². The molecule has 1 aliphatic rings.